The molecule has 0 bridgehead atoms. The van der Waals surface area contributed by atoms with Crippen LogP contribution in [0, 0.1) is 0 Å². The van der Waals surface area contributed by atoms with E-state index in [2.05, 4.69) is 5.32 Å². The molecule has 1 rings (SSSR count). The number of hydrogen-bond acceptors (Lipinski definition) is 5. The van der Waals surface area contributed by atoms with Gasteiger partial charge in [0, 0.05) is 12.1 Å². The topological polar surface area (TPSA) is 125 Å². The molecule has 1 amide bonds. The van der Waals surface area contributed by atoms with Crippen LogP contribution in [0.2, 0.25) is 0 Å². The molecule has 0 radical (unpaired) electrons. The van der Waals surface area contributed by atoms with Crippen molar-refractivity contribution in [2.75, 3.05) is 13.7 Å². The summed E-state index contributed by atoms with van der Waals surface area (Å²) in [6, 6.07) is 3.87. The third kappa shape index (κ3) is 4.43. The molecular weight excluding hydrogens is 306 g/mol. The van der Waals surface area contributed by atoms with Crippen molar-refractivity contribution in [2.45, 2.75) is 37.1 Å². The van der Waals surface area contributed by atoms with Gasteiger partial charge in [-0.25, -0.2) is 13.6 Å². The smallest absolute Gasteiger partial charge is 0.255 e. The number of hydrogen-bond donors (Lipinski definition) is 3. The Morgan fingerprint density at radius 3 is 2.36 bits per heavy atom. The highest BCUT2D eigenvalue weighted by molar-refractivity contribution is 7.89. The summed E-state index contributed by atoms with van der Waals surface area (Å²) in [5, 5.41) is 7.80. The third-order valence-electron chi connectivity index (χ3n) is 3.75. The van der Waals surface area contributed by atoms with E-state index in [1.807, 2.05) is 13.8 Å². The quantitative estimate of drug-likeness (QED) is 0.675. The summed E-state index contributed by atoms with van der Waals surface area (Å²) in [6.07, 6.45) is 1.41. The van der Waals surface area contributed by atoms with Gasteiger partial charge in [0.15, 0.2) is 0 Å². The Hall–Kier alpha value is -1.64. The van der Waals surface area contributed by atoms with Crippen LogP contribution < -0.4 is 20.9 Å². The monoisotopic (exact) mass is 329 g/mol. The van der Waals surface area contributed by atoms with Crippen molar-refractivity contribution >= 4 is 15.9 Å². The standard InChI is InChI=1S/C14H23N3O4S/c1-4-14(15,5-2)9-17-13(18)11-8-10(22(16,19)20)6-7-12(11)21-3/h6-8H,4-5,9,15H2,1-3H3,(H,17,18)(H2,16,19,20). The maximum absolute atomic E-state index is 12.3. The molecule has 0 atom stereocenters. The van der Waals surface area contributed by atoms with Crippen LogP contribution in [0.1, 0.15) is 37.0 Å². The molecule has 0 aliphatic heterocycles. The Balaban J connectivity index is 3.06. The average Bonchev–Trinajstić information content (AvgIpc) is 2.50. The summed E-state index contributed by atoms with van der Waals surface area (Å²) in [5.74, 6) is -0.195. The molecule has 0 aliphatic carbocycles. The van der Waals surface area contributed by atoms with Crippen LogP contribution in [0.25, 0.3) is 0 Å². The maximum Gasteiger partial charge on any atom is 0.255 e. The summed E-state index contributed by atoms with van der Waals surface area (Å²) in [4.78, 5) is 12.2. The normalized spacial score (nSPS) is 12.0. The summed E-state index contributed by atoms with van der Waals surface area (Å²) >= 11 is 0. The first-order chi connectivity index (χ1) is 10.2. The predicted molar refractivity (Wildman–Crippen MR) is 84.2 cm³/mol. The van der Waals surface area contributed by atoms with Crippen molar-refractivity contribution in [3.8, 4) is 5.75 Å². The molecule has 8 heteroatoms. The van der Waals surface area contributed by atoms with Crippen LogP contribution in [0.3, 0.4) is 0 Å². The molecule has 0 fully saturated rings. The molecule has 0 unspecified atom stereocenters. The molecule has 0 aromatic heterocycles. The second kappa shape index (κ2) is 7.08. The number of nitrogens with one attached hydrogen (secondary N) is 1. The number of methoxy groups -OCH3 is 1. The largest absolute Gasteiger partial charge is 0.496 e. The minimum absolute atomic E-state index is 0.101. The van der Waals surface area contributed by atoms with Crippen LogP contribution in [0.4, 0.5) is 0 Å². The first-order valence-corrected chi connectivity index (χ1v) is 8.49. The molecule has 22 heavy (non-hydrogen) atoms. The van der Waals surface area contributed by atoms with Crippen molar-refractivity contribution in [1.82, 2.24) is 5.32 Å². The van der Waals surface area contributed by atoms with Crippen LogP contribution in [-0.4, -0.2) is 33.5 Å². The average molecular weight is 329 g/mol. The van der Waals surface area contributed by atoms with Crippen molar-refractivity contribution in [2.24, 2.45) is 10.9 Å². The zero-order chi connectivity index (χ0) is 17.0. The second-order valence-electron chi connectivity index (χ2n) is 5.16. The lowest BCUT2D eigenvalue weighted by Crippen LogP contribution is -2.49. The highest BCUT2D eigenvalue weighted by atomic mass is 32.2. The fourth-order valence-electron chi connectivity index (χ4n) is 1.89. The highest BCUT2D eigenvalue weighted by Gasteiger charge is 2.23. The van der Waals surface area contributed by atoms with Crippen LogP contribution >= 0.6 is 0 Å². The number of benzene rings is 1. The summed E-state index contributed by atoms with van der Waals surface area (Å²) in [5.41, 5.74) is 5.73. The highest BCUT2D eigenvalue weighted by Crippen LogP contribution is 2.22. The van der Waals surface area contributed by atoms with Gasteiger partial charge in [-0.2, -0.15) is 0 Å². The van der Waals surface area contributed by atoms with E-state index in [-0.39, 0.29) is 22.8 Å². The van der Waals surface area contributed by atoms with Gasteiger partial charge >= 0.3 is 0 Å². The Morgan fingerprint density at radius 2 is 1.91 bits per heavy atom. The number of amides is 1. The first-order valence-electron chi connectivity index (χ1n) is 6.94. The Kier molecular flexibility index (Phi) is 5.92. The van der Waals surface area contributed by atoms with Gasteiger partial charge in [-0.05, 0) is 31.0 Å². The van der Waals surface area contributed by atoms with Gasteiger partial charge in [0.2, 0.25) is 10.0 Å². The van der Waals surface area contributed by atoms with Gasteiger partial charge in [-0.1, -0.05) is 13.8 Å². The zero-order valence-electron chi connectivity index (χ0n) is 13.0. The molecule has 124 valence electrons. The molecule has 7 nitrogen and oxygen atoms in total. The minimum atomic E-state index is -3.90. The van der Waals surface area contributed by atoms with E-state index in [0.717, 1.165) is 0 Å². The van der Waals surface area contributed by atoms with Crippen molar-refractivity contribution in [3.63, 3.8) is 0 Å². The van der Waals surface area contributed by atoms with Gasteiger partial charge in [-0.15, -0.1) is 0 Å². The number of rotatable bonds is 7. The summed E-state index contributed by atoms with van der Waals surface area (Å²) in [6.45, 7) is 4.16. The Morgan fingerprint density at radius 1 is 1.32 bits per heavy atom. The van der Waals surface area contributed by atoms with E-state index in [9.17, 15) is 13.2 Å². The molecule has 0 heterocycles. The SMILES string of the molecule is CCC(N)(CC)CNC(=O)c1cc(S(N)(=O)=O)ccc1OC. The molecular formula is C14H23N3O4S. The lowest BCUT2D eigenvalue weighted by Gasteiger charge is -2.27. The van der Waals surface area contributed by atoms with Gasteiger partial charge in [0.1, 0.15) is 5.75 Å². The van der Waals surface area contributed by atoms with Crippen LogP contribution in [0.15, 0.2) is 23.1 Å². The van der Waals surface area contributed by atoms with Crippen molar-refractivity contribution < 1.29 is 17.9 Å². The number of carbonyl (C=O) groups excluding carboxylic acids is 1. The minimum Gasteiger partial charge on any atom is -0.496 e. The molecule has 0 aliphatic rings. The summed E-state index contributed by atoms with van der Waals surface area (Å²) < 4.78 is 27.9. The van der Waals surface area contributed by atoms with Crippen molar-refractivity contribution in [1.29, 1.82) is 0 Å². The fraction of sp³-hybridized carbons (Fsp3) is 0.500. The number of nitrogens with two attached hydrogens (primary N) is 2. The van der Waals surface area contributed by atoms with Gasteiger partial charge in [-0.3, -0.25) is 4.79 Å². The number of carbonyl (C=O) groups is 1. The van der Waals surface area contributed by atoms with Crippen LogP contribution in [0.5, 0.6) is 5.75 Å². The fourth-order valence-corrected chi connectivity index (χ4v) is 2.43. The number of sulfonamides is 1. The molecule has 1 aromatic rings. The summed E-state index contributed by atoms with van der Waals surface area (Å²) in [7, 11) is -2.50. The first kappa shape index (κ1) is 18.4. The van der Waals surface area contributed by atoms with Gasteiger partial charge < -0.3 is 15.8 Å². The van der Waals surface area contributed by atoms with Gasteiger partial charge in [0.25, 0.3) is 5.91 Å². The number of ether oxygens (including phenoxy) is 1. The zero-order valence-corrected chi connectivity index (χ0v) is 13.9. The lowest BCUT2D eigenvalue weighted by molar-refractivity contribution is 0.0939. The van der Waals surface area contributed by atoms with Crippen LogP contribution in [-0.2, 0) is 10.0 Å². The van der Waals surface area contributed by atoms with E-state index < -0.39 is 21.5 Å². The molecule has 0 spiro atoms. The Bertz CT molecular complexity index is 639. The number of primary sulfonamides is 1. The Labute approximate surface area is 131 Å². The van der Waals surface area contributed by atoms with E-state index in [4.69, 9.17) is 15.6 Å². The van der Waals surface area contributed by atoms with Crippen molar-refractivity contribution in [3.05, 3.63) is 23.8 Å². The second-order valence-corrected chi connectivity index (χ2v) is 6.72. The molecule has 1 aromatic carbocycles. The van der Waals surface area contributed by atoms with Gasteiger partial charge in [0.05, 0.1) is 17.6 Å². The molecule has 0 saturated heterocycles. The molecule has 5 N–H and O–H groups in total. The maximum atomic E-state index is 12.3. The third-order valence-corrected chi connectivity index (χ3v) is 4.66. The van der Waals surface area contributed by atoms with E-state index in [1.165, 1.54) is 25.3 Å². The van der Waals surface area contributed by atoms with E-state index in [0.29, 0.717) is 12.8 Å². The van der Waals surface area contributed by atoms with E-state index >= 15 is 0 Å². The van der Waals surface area contributed by atoms with E-state index in [1.54, 1.807) is 0 Å². The lowest BCUT2D eigenvalue weighted by atomic mass is 9.94. The molecule has 0 saturated carbocycles. The predicted octanol–water partition coefficient (Wildman–Crippen LogP) is 0.590.